The maximum absolute atomic E-state index is 6.33. The molecule has 6 nitrogen and oxygen atoms in total. The number of hydrogen-bond acceptors (Lipinski definition) is 6. The minimum absolute atomic E-state index is 0.365. The second kappa shape index (κ2) is 8.24. The predicted molar refractivity (Wildman–Crippen MR) is 117 cm³/mol. The van der Waals surface area contributed by atoms with Gasteiger partial charge in [0.2, 0.25) is 5.88 Å². The molecular formula is C20H19BrClN5O. The molecule has 2 aromatic carbocycles. The number of benzene rings is 2. The Kier molecular flexibility index (Phi) is 5.54. The maximum atomic E-state index is 6.33. The molecule has 0 bridgehead atoms. The molecular weight excluding hydrogens is 442 g/mol. The molecule has 2 heterocycles. The molecule has 0 unspecified atom stereocenters. The number of piperazine rings is 1. The Morgan fingerprint density at radius 3 is 2.39 bits per heavy atom. The smallest absolute Gasteiger partial charge is 0.248 e. The van der Waals surface area contributed by atoms with Crippen LogP contribution in [0.5, 0.6) is 11.6 Å². The van der Waals surface area contributed by atoms with Gasteiger partial charge in [-0.15, -0.1) is 0 Å². The van der Waals surface area contributed by atoms with Crippen LogP contribution < -0.4 is 20.3 Å². The fraction of sp³-hybridized carbons (Fsp3) is 0.200. The monoisotopic (exact) mass is 459 g/mol. The van der Waals surface area contributed by atoms with Gasteiger partial charge in [0, 0.05) is 41.4 Å². The number of aromatic nitrogens is 2. The molecule has 1 aliphatic heterocycles. The number of nitrogens with zero attached hydrogens (tertiary/aromatic N) is 4. The first-order chi connectivity index (χ1) is 13.6. The molecule has 8 heteroatoms. The minimum atomic E-state index is 0.365. The standard InChI is InChI=1S/C20H19BrClN5O/c21-14-4-6-17(7-5-14)28-20-18(23)19(24-13-25-20)27-10-8-26(9-11-27)16-3-1-2-15(22)12-16/h1-7,12-13H,8-11,23H2. The Labute approximate surface area is 177 Å². The molecule has 0 atom stereocenters. The highest BCUT2D eigenvalue weighted by Gasteiger charge is 2.22. The summed E-state index contributed by atoms with van der Waals surface area (Å²) in [6.45, 7) is 3.30. The molecule has 28 heavy (non-hydrogen) atoms. The summed E-state index contributed by atoms with van der Waals surface area (Å²) >= 11 is 9.53. The van der Waals surface area contributed by atoms with Gasteiger partial charge in [-0.3, -0.25) is 0 Å². The zero-order valence-electron chi connectivity index (χ0n) is 15.1. The summed E-state index contributed by atoms with van der Waals surface area (Å²) in [7, 11) is 0. The third-order valence-corrected chi connectivity index (χ3v) is 5.37. The first-order valence-corrected chi connectivity index (χ1v) is 10.1. The fourth-order valence-corrected chi connectivity index (χ4v) is 3.62. The van der Waals surface area contributed by atoms with E-state index in [1.807, 2.05) is 42.5 Å². The lowest BCUT2D eigenvalue weighted by molar-refractivity contribution is 0.463. The molecule has 1 aliphatic rings. The lowest BCUT2D eigenvalue weighted by Gasteiger charge is -2.37. The molecule has 1 saturated heterocycles. The van der Waals surface area contributed by atoms with Gasteiger partial charge in [-0.2, -0.15) is 4.98 Å². The Morgan fingerprint density at radius 1 is 0.964 bits per heavy atom. The molecule has 0 aliphatic carbocycles. The number of rotatable bonds is 4. The predicted octanol–water partition coefficient (Wildman–Crippen LogP) is 4.59. The van der Waals surface area contributed by atoms with Crippen LogP contribution in [0, 0.1) is 0 Å². The van der Waals surface area contributed by atoms with Crippen LogP contribution in [0.25, 0.3) is 0 Å². The van der Waals surface area contributed by atoms with Crippen LogP contribution in [0.1, 0.15) is 0 Å². The average molecular weight is 461 g/mol. The Hall–Kier alpha value is -2.51. The van der Waals surface area contributed by atoms with Gasteiger partial charge in [-0.1, -0.05) is 33.6 Å². The molecule has 3 aromatic rings. The van der Waals surface area contributed by atoms with Crippen molar-refractivity contribution in [3.05, 3.63) is 64.4 Å². The van der Waals surface area contributed by atoms with E-state index in [1.165, 1.54) is 6.33 Å². The highest BCUT2D eigenvalue weighted by atomic mass is 79.9. The van der Waals surface area contributed by atoms with Gasteiger partial charge in [-0.05, 0) is 42.5 Å². The molecule has 0 saturated carbocycles. The van der Waals surface area contributed by atoms with Crippen molar-refractivity contribution in [2.45, 2.75) is 0 Å². The molecule has 0 radical (unpaired) electrons. The molecule has 144 valence electrons. The quantitative estimate of drug-likeness (QED) is 0.614. The summed E-state index contributed by atoms with van der Waals surface area (Å²) in [5.41, 5.74) is 7.90. The van der Waals surface area contributed by atoms with Gasteiger partial charge < -0.3 is 20.3 Å². The number of halogens is 2. The molecule has 1 fully saturated rings. The van der Waals surface area contributed by atoms with Gasteiger partial charge in [-0.25, -0.2) is 4.98 Å². The summed E-state index contributed by atoms with van der Waals surface area (Å²) in [6.07, 6.45) is 1.49. The zero-order valence-corrected chi connectivity index (χ0v) is 17.4. The average Bonchev–Trinajstić information content (AvgIpc) is 2.71. The van der Waals surface area contributed by atoms with E-state index in [4.69, 9.17) is 22.1 Å². The van der Waals surface area contributed by atoms with E-state index in [-0.39, 0.29) is 0 Å². The summed E-state index contributed by atoms with van der Waals surface area (Å²) in [4.78, 5) is 13.1. The van der Waals surface area contributed by atoms with Crippen molar-refractivity contribution in [2.24, 2.45) is 0 Å². The maximum Gasteiger partial charge on any atom is 0.248 e. The van der Waals surface area contributed by atoms with E-state index in [0.717, 1.165) is 41.4 Å². The van der Waals surface area contributed by atoms with Crippen molar-refractivity contribution in [1.82, 2.24) is 9.97 Å². The normalized spacial score (nSPS) is 14.2. The molecule has 0 spiro atoms. The van der Waals surface area contributed by atoms with Crippen molar-refractivity contribution in [1.29, 1.82) is 0 Å². The van der Waals surface area contributed by atoms with Crippen molar-refractivity contribution in [3.8, 4) is 11.6 Å². The van der Waals surface area contributed by atoms with Crippen LogP contribution in [-0.2, 0) is 0 Å². The van der Waals surface area contributed by atoms with Crippen LogP contribution in [0.4, 0.5) is 17.2 Å². The largest absolute Gasteiger partial charge is 0.437 e. The van der Waals surface area contributed by atoms with Gasteiger partial charge in [0.15, 0.2) is 5.82 Å². The van der Waals surface area contributed by atoms with Gasteiger partial charge in [0.1, 0.15) is 17.8 Å². The zero-order chi connectivity index (χ0) is 19.5. The van der Waals surface area contributed by atoms with E-state index in [0.29, 0.717) is 23.1 Å². The second-order valence-electron chi connectivity index (χ2n) is 6.43. The van der Waals surface area contributed by atoms with Crippen LogP contribution in [0.15, 0.2) is 59.3 Å². The number of nitrogen functional groups attached to an aromatic ring is 1. The summed E-state index contributed by atoms with van der Waals surface area (Å²) in [5, 5.41) is 0.745. The van der Waals surface area contributed by atoms with Crippen LogP contribution >= 0.6 is 27.5 Å². The van der Waals surface area contributed by atoms with Crippen molar-refractivity contribution < 1.29 is 4.74 Å². The van der Waals surface area contributed by atoms with Gasteiger partial charge >= 0.3 is 0 Å². The Bertz CT molecular complexity index is 961. The molecule has 0 amide bonds. The first-order valence-electron chi connectivity index (χ1n) is 8.89. The number of anilines is 3. The van der Waals surface area contributed by atoms with E-state index < -0.39 is 0 Å². The third kappa shape index (κ3) is 4.15. The van der Waals surface area contributed by atoms with Crippen LogP contribution in [0.2, 0.25) is 5.02 Å². The van der Waals surface area contributed by atoms with E-state index in [1.54, 1.807) is 0 Å². The Morgan fingerprint density at radius 2 is 1.68 bits per heavy atom. The SMILES string of the molecule is Nc1c(Oc2ccc(Br)cc2)ncnc1N1CCN(c2cccc(Cl)c2)CC1. The third-order valence-electron chi connectivity index (χ3n) is 4.61. The Balaban J connectivity index is 1.47. The minimum Gasteiger partial charge on any atom is -0.437 e. The second-order valence-corrected chi connectivity index (χ2v) is 7.78. The highest BCUT2D eigenvalue weighted by Crippen LogP contribution is 2.32. The van der Waals surface area contributed by atoms with Crippen molar-refractivity contribution in [3.63, 3.8) is 0 Å². The fourth-order valence-electron chi connectivity index (χ4n) is 3.17. The molecule has 4 rings (SSSR count). The summed E-state index contributed by atoms with van der Waals surface area (Å²) < 4.78 is 6.83. The van der Waals surface area contributed by atoms with Crippen molar-refractivity contribution >= 4 is 44.7 Å². The van der Waals surface area contributed by atoms with Gasteiger partial charge in [0.05, 0.1) is 0 Å². The van der Waals surface area contributed by atoms with E-state index in [2.05, 4.69) is 41.8 Å². The van der Waals surface area contributed by atoms with Gasteiger partial charge in [0.25, 0.3) is 0 Å². The number of ether oxygens (including phenoxy) is 1. The number of nitrogens with two attached hydrogens (primary N) is 1. The van der Waals surface area contributed by atoms with Crippen LogP contribution in [-0.4, -0.2) is 36.1 Å². The first kappa shape index (κ1) is 18.8. The topological polar surface area (TPSA) is 67.5 Å². The van der Waals surface area contributed by atoms with Crippen LogP contribution in [0.3, 0.4) is 0 Å². The lowest BCUT2D eigenvalue weighted by Crippen LogP contribution is -2.47. The molecule has 1 aromatic heterocycles. The van der Waals surface area contributed by atoms with E-state index in [9.17, 15) is 0 Å². The summed E-state index contributed by atoms with van der Waals surface area (Å²) in [5.74, 6) is 1.74. The van der Waals surface area contributed by atoms with E-state index >= 15 is 0 Å². The lowest BCUT2D eigenvalue weighted by atomic mass is 10.2. The molecule has 2 N–H and O–H groups in total. The number of hydrogen-bond donors (Lipinski definition) is 1. The van der Waals surface area contributed by atoms with Crippen molar-refractivity contribution in [2.75, 3.05) is 41.7 Å². The summed E-state index contributed by atoms with van der Waals surface area (Å²) in [6, 6.07) is 15.4. The highest BCUT2D eigenvalue weighted by molar-refractivity contribution is 9.10.